The van der Waals surface area contributed by atoms with Gasteiger partial charge in [-0.1, -0.05) is 35.9 Å². The number of para-hydroxylation sites is 1. The number of rotatable bonds is 8. The maximum absolute atomic E-state index is 12.5. The minimum absolute atomic E-state index is 0.0810. The Morgan fingerprint density at radius 1 is 1.11 bits per heavy atom. The summed E-state index contributed by atoms with van der Waals surface area (Å²) in [5, 5.41) is 6.08. The summed E-state index contributed by atoms with van der Waals surface area (Å²) in [4.78, 5) is 25.7. The van der Waals surface area contributed by atoms with Crippen LogP contribution in [0.25, 0.3) is 0 Å². The number of urea groups is 1. The Balaban J connectivity index is 1.81. The average molecular weight is 404 g/mol. The van der Waals surface area contributed by atoms with Gasteiger partial charge < -0.3 is 20.3 Å². The van der Waals surface area contributed by atoms with E-state index in [0.29, 0.717) is 36.0 Å². The number of nitrogens with zero attached hydrogens (tertiary/aromatic N) is 1. The molecule has 28 heavy (non-hydrogen) atoms. The van der Waals surface area contributed by atoms with Crippen LogP contribution in [0.5, 0.6) is 5.75 Å². The van der Waals surface area contributed by atoms with Crippen LogP contribution < -0.4 is 15.4 Å². The van der Waals surface area contributed by atoms with Crippen LogP contribution in [0.15, 0.2) is 48.5 Å². The molecule has 7 heteroatoms. The van der Waals surface area contributed by atoms with Crippen LogP contribution in [-0.4, -0.2) is 43.1 Å². The number of likely N-dealkylation sites (N-methyl/N-ethyl adjacent to an activating group) is 1. The van der Waals surface area contributed by atoms with Crippen molar-refractivity contribution in [3.63, 3.8) is 0 Å². The van der Waals surface area contributed by atoms with Gasteiger partial charge in [-0.15, -0.1) is 0 Å². The fourth-order valence-corrected chi connectivity index (χ4v) is 2.63. The molecule has 0 spiro atoms. The number of benzene rings is 2. The van der Waals surface area contributed by atoms with Crippen molar-refractivity contribution in [2.24, 2.45) is 0 Å². The Bertz CT molecular complexity index is 794. The van der Waals surface area contributed by atoms with E-state index in [1.54, 1.807) is 36.2 Å². The second-order valence-corrected chi connectivity index (χ2v) is 7.09. The fourth-order valence-electron chi connectivity index (χ4n) is 2.44. The van der Waals surface area contributed by atoms with Crippen molar-refractivity contribution in [3.8, 4) is 5.75 Å². The van der Waals surface area contributed by atoms with E-state index < -0.39 is 0 Å². The van der Waals surface area contributed by atoms with Crippen molar-refractivity contribution in [2.75, 3.05) is 20.2 Å². The molecule has 2 aromatic carbocycles. The summed E-state index contributed by atoms with van der Waals surface area (Å²) in [6.07, 6.45) is 0. The lowest BCUT2D eigenvalue weighted by molar-refractivity contribution is 0.0774. The first-order valence-electron chi connectivity index (χ1n) is 9.13. The molecule has 0 aliphatic rings. The lowest BCUT2D eigenvalue weighted by Crippen LogP contribution is -2.39. The number of amides is 3. The Morgan fingerprint density at radius 3 is 2.43 bits per heavy atom. The van der Waals surface area contributed by atoms with Crippen molar-refractivity contribution in [3.05, 3.63) is 64.7 Å². The van der Waals surface area contributed by atoms with Gasteiger partial charge in [-0.25, -0.2) is 4.79 Å². The molecule has 2 N–H and O–H groups in total. The second kappa shape index (κ2) is 10.6. The Labute approximate surface area is 170 Å². The summed E-state index contributed by atoms with van der Waals surface area (Å²) in [6.45, 7) is 4.97. The van der Waals surface area contributed by atoms with Crippen LogP contribution in [0.2, 0.25) is 5.02 Å². The number of hydrogen-bond acceptors (Lipinski definition) is 3. The molecule has 3 amide bonds. The van der Waals surface area contributed by atoms with Gasteiger partial charge in [0.15, 0.2) is 0 Å². The number of ether oxygens (including phenoxy) is 1. The average Bonchev–Trinajstić information content (AvgIpc) is 2.67. The maximum Gasteiger partial charge on any atom is 0.315 e. The molecule has 0 aromatic heterocycles. The Morgan fingerprint density at radius 2 is 1.79 bits per heavy atom. The molecule has 2 aromatic rings. The smallest absolute Gasteiger partial charge is 0.315 e. The van der Waals surface area contributed by atoms with Gasteiger partial charge in [0.1, 0.15) is 12.4 Å². The predicted molar refractivity (Wildman–Crippen MR) is 111 cm³/mol. The molecule has 0 saturated heterocycles. The zero-order chi connectivity index (χ0) is 20.5. The SMILES string of the molecule is CC(C)NC(=O)NCc1ccc(C(=O)N(C)CCOc2ccccc2Cl)cc1. The summed E-state index contributed by atoms with van der Waals surface area (Å²) in [6, 6.07) is 14.3. The van der Waals surface area contributed by atoms with Gasteiger partial charge in [0.2, 0.25) is 0 Å². The first kappa shape index (κ1) is 21.6. The largest absolute Gasteiger partial charge is 0.490 e. The quantitative estimate of drug-likeness (QED) is 0.706. The van der Waals surface area contributed by atoms with E-state index in [9.17, 15) is 9.59 Å². The molecule has 0 unspecified atom stereocenters. The lowest BCUT2D eigenvalue weighted by atomic mass is 10.1. The highest BCUT2D eigenvalue weighted by Crippen LogP contribution is 2.22. The molecule has 0 saturated carbocycles. The molecule has 0 fully saturated rings. The molecule has 2 rings (SSSR count). The van der Waals surface area contributed by atoms with Crippen molar-refractivity contribution >= 4 is 23.5 Å². The van der Waals surface area contributed by atoms with E-state index in [1.165, 1.54) is 0 Å². The normalized spacial score (nSPS) is 10.5. The summed E-state index contributed by atoms with van der Waals surface area (Å²) < 4.78 is 5.62. The van der Waals surface area contributed by atoms with Crippen molar-refractivity contribution < 1.29 is 14.3 Å². The number of nitrogens with one attached hydrogen (secondary N) is 2. The standard InChI is InChI=1S/C21H26ClN3O3/c1-15(2)24-21(27)23-14-16-8-10-17(11-9-16)20(26)25(3)12-13-28-19-7-5-4-6-18(19)22/h4-11,15H,12-14H2,1-3H3,(H2,23,24,27). The number of halogens is 1. The van der Waals surface area contributed by atoms with Crippen LogP contribution in [0, 0.1) is 0 Å². The van der Waals surface area contributed by atoms with Crippen LogP contribution in [-0.2, 0) is 6.54 Å². The zero-order valence-electron chi connectivity index (χ0n) is 16.4. The number of carbonyl (C=O) groups excluding carboxylic acids is 2. The number of carbonyl (C=O) groups is 2. The molecular weight excluding hydrogens is 378 g/mol. The summed E-state index contributed by atoms with van der Waals surface area (Å²) in [7, 11) is 1.73. The fraction of sp³-hybridized carbons (Fsp3) is 0.333. The zero-order valence-corrected chi connectivity index (χ0v) is 17.1. The van der Waals surface area contributed by atoms with E-state index in [1.807, 2.05) is 38.1 Å². The van der Waals surface area contributed by atoms with Crippen molar-refractivity contribution in [2.45, 2.75) is 26.4 Å². The molecule has 0 radical (unpaired) electrons. The van der Waals surface area contributed by atoms with Gasteiger partial charge in [-0.05, 0) is 43.7 Å². The maximum atomic E-state index is 12.5. The lowest BCUT2D eigenvalue weighted by Gasteiger charge is -2.18. The van der Waals surface area contributed by atoms with E-state index in [2.05, 4.69) is 10.6 Å². The van der Waals surface area contributed by atoms with Gasteiger partial charge in [0, 0.05) is 25.2 Å². The van der Waals surface area contributed by atoms with E-state index in [4.69, 9.17) is 16.3 Å². The van der Waals surface area contributed by atoms with Gasteiger partial charge in [-0.3, -0.25) is 4.79 Å². The van der Waals surface area contributed by atoms with Crippen LogP contribution in [0.4, 0.5) is 4.79 Å². The first-order chi connectivity index (χ1) is 13.4. The van der Waals surface area contributed by atoms with Crippen molar-refractivity contribution in [1.82, 2.24) is 15.5 Å². The van der Waals surface area contributed by atoms with Gasteiger partial charge >= 0.3 is 6.03 Å². The predicted octanol–water partition coefficient (Wildman–Crippen LogP) is 3.70. The molecule has 0 atom stereocenters. The minimum Gasteiger partial charge on any atom is -0.490 e. The topological polar surface area (TPSA) is 70.7 Å². The molecule has 0 aliphatic carbocycles. The third-order valence-corrected chi connectivity index (χ3v) is 4.25. The molecule has 0 heterocycles. The molecular formula is C21H26ClN3O3. The highest BCUT2D eigenvalue weighted by atomic mass is 35.5. The molecule has 150 valence electrons. The Kier molecular flexibility index (Phi) is 8.14. The van der Waals surface area contributed by atoms with Gasteiger partial charge in [0.05, 0.1) is 11.6 Å². The van der Waals surface area contributed by atoms with Crippen LogP contribution in [0.1, 0.15) is 29.8 Å². The van der Waals surface area contributed by atoms with Gasteiger partial charge in [0.25, 0.3) is 5.91 Å². The second-order valence-electron chi connectivity index (χ2n) is 6.68. The summed E-state index contributed by atoms with van der Waals surface area (Å²) >= 11 is 6.05. The highest BCUT2D eigenvalue weighted by molar-refractivity contribution is 6.32. The third kappa shape index (κ3) is 6.78. The van der Waals surface area contributed by atoms with Gasteiger partial charge in [-0.2, -0.15) is 0 Å². The first-order valence-corrected chi connectivity index (χ1v) is 9.50. The third-order valence-electron chi connectivity index (χ3n) is 3.94. The summed E-state index contributed by atoms with van der Waals surface area (Å²) in [5.41, 5.74) is 1.50. The van der Waals surface area contributed by atoms with E-state index in [0.717, 1.165) is 5.56 Å². The minimum atomic E-state index is -0.214. The van der Waals surface area contributed by atoms with Crippen LogP contribution >= 0.6 is 11.6 Å². The monoisotopic (exact) mass is 403 g/mol. The van der Waals surface area contributed by atoms with Crippen LogP contribution in [0.3, 0.4) is 0 Å². The molecule has 0 bridgehead atoms. The van der Waals surface area contributed by atoms with E-state index in [-0.39, 0.29) is 18.0 Å². The Hall–Kier alpha value is -2.73. The van der Waals surface area contributed by atoms with E-state index >= 15 is 0 Å². The highest BCUT2D eigenvalue weighted by Gasteiger charge is 2.12. The molecule has 0 aliphatic heterocycles. The summed E-state index contributed by atoms with van der Waals surface area (Å²) in [5.74, 6) is 0.503. The number of hydrogen-bond donors (Lipinski definition) is 2. The molecule has 6 nitrogen and oxygen atoms in total. The van der Waals surface area contributed by atoms with Crippen molar-refractivity contribution in [1.29, 1.82) is 0 Å².